The van der Waals surface area contributed by atoms with Gasteiger partial charge < -0.3 is 18.3 Å². The van der Waals surface area contributed by atoms with Gasteiger partial charge in [-0.2, -0.15) is 0 Å². The molecule has 0 aromatic carbocycles. The Bertz CT molecular complexity index is 739. The van der Waals surface area contributed by atoms with Gasteiger partial charge in [-0.3, -0.25) is 4.79 Å². The first-order valence-corrected chi connectivity index (χ1v) is 13.5. The molecule has 1 aliphatic rings. The summed E-state index contributed by atoms with van der Waals surface area (Å²) in [7, 11) is 3.22. The minimum Gasteiger partial charge on any atom is -0.469 e. The Labute approximate surface area is 207 Å². The Morgan fingerprint density at radius 1 is 1.28 bits per heavy atom. The number of hydrogen-bond acceptors (Lipinski definition) is 6. The smallest absolute Gasteiger partial charge is 0.305 e. The number of esters is 1. The molecule has 1 saturated carbocycles. The van der Waals surface area contributed by atoms with Gasteiger partial charge >= 0.3 is 5.97 Å². The van der Waals surface area contributed by atoms with Crippen molar-refractivity contribution in [2.75, 3.05) is 7.11 Å². The summed E-state index contributed by atoms with van der Waals surface area (Å²) in [6, 6.07) is 2.17. The Morgan fingerprint density at radius 3 is 2.81 bits per heavy atom. The standard InChI is InChI=1S/C23H39O5P3S/c1-16-17(13-14-32-16)9-10-18(26-29)11-12-20-19(21(27-30)15-22(20)28-31)7-5-3-4-6-8-23(24)25-2/h11-14,18-22H,3-10,15,29-31H2,1-2H3/t18-,19+,20+,21-,22+/m0/s1/i29T,31T/t18-,19+,20+,21-,22+,29?,31?. The van der Waals surface area contributed by atoms with Crippen molar-refractivity contribution in [1.82, 2.24) is 0 Å². The summed E-state index contributed by atoms with van der Waals surface area (Å²) in [5, 5.41) is 2.12. The van der Waals surface area contributed by atoms with Gasteiger partial charge in [-0.1, -0.05) is 31.4 Å². The Balaban J connectivity index is 1.97. The molecule has 8 atom stereocenters. The van der Waals surface area contributed by atoms with E-state index in [0.29, 0.717) is 12.3 Å². The summed E-state index contributed by atoms with van der Waals surface area (Å²) < 4.78 is 37.2. The van der Waals surface area contributed by atoms with Gasteiger partial charge in [0.25, 0.3) is 0 Å². The Kier molecular flexibility index (Phi) is 12.5. The lowest BCUT2D eigenvalue weighted by molar-refractivity contribution is -0.140. The summed E-state index contributed by atoms with van der Waals surface area (Å²) in [5.41, 5.74) is 1.35. The van der Waals surface area contributed by atoms with E-state index < -0.39 is 0 Å². The molecule has 1 aromatic heterocycles. The topological polar surface area (TPSA) is 54.0 Å². The van der Waals surface area contributed by atoms with E-state index in [4.69, 9.17) is 20.9 Å². The lowest BCUT2D eigenvalue weighted by atomic mass is 9.87. The highest BCUT2D eigenvalue weighted by atomic mass is 32.1. The minimum absolute atomic E-state index is 0.0415. The summed E-state index contributed by atoms with van der Waals surface area (Å²) in [6.07, 6.45) is 12.2. The van der Waals surface area contributed by atoms with E-state index >= 15 is 0 Å². The van der Waals surface area contributed by atoms with Crippen molar-refractivity contribution in [2.24, 2.45) is 11.8 Å². The molecule has 0 amide bonds. The fraction of sp³-hybridized carbons (Fsp3) is 0.696. The normalized spacial score (nSPS) is 25.8. The number of carbonyl (C=O) groups excluding carboxylic acids is 1. The third-order valence-corrected chi connectivity index (χ3v) is 8.29. The number of hydrogen-bond donors (Lipinski definition) is 0. The van der Waals surface area contributed by atoms with E-state index in [2.05, 4.69) is 40.0 Å². The average Bonchev–Trinajstić information content (AvgIpc) is 3.40. The van der Waals surface area contributed by atoms with Crippen molar-refractivity contribution < 1.29 is 23.1 Å². The van der Waals surface area contributed by atoms with Crippen LogP contribution in [0, 0.1) is 18.8 Å². The highest BCUT2D eigenvalue weighted by molar-refractivity contribution is 7.10. The van der Waals surface area contributed by atoms with Gasteiger partial charge in [0.05, 0.1) is 28.0 Å². The number of unbranched alkanes of at least 4 members (excludes halogenated alkanes) is 3. The summed E-state index contributed by atoms with van der Waals surface area (Å²) in [4.78, 5) is 12.6. The molecule has 0 bridgehead atoms. The van der Waals surface area contributed by atoms with Crippen LogP contribution in [0.25, 0.3) is 0 Å². The van der Waals surface area contributed by atoms with Crippen LogP contribution in [0.4, 0.5) is 0 Å². The summed E-state index contributed by atoms with van der Waals surface area (Å²) in [6.45, 7) is 2.14. The van der Waals surface area contributed by atoms with Gasteiger partial charge in [-0.15, -0.1) is 11.3 Å². The van der Waals surface area contributed by atoms with E-state index in [9.17, 15) is 4.79 Å². The molecule has 1 heterocycles. The first-order chi connectivity index (χ1) is 16.5. The average molecular weight is 525 g/mol. The molecule has 1 aromatic rings. The van der Waals surface area contributed by atoms with Crippen LogP contribution in [0.5, 0.6) is 0 Å². The molecule has 0 N–H and O–H groups in total. The number of ether oxygens (including phenoxy) is 1. The minimum atomic E-state index is -0.308. The maximum atomic E-state index is 11.3. The molecule has 3 unspecified atom stereocenters. The van der Waals surface area contributed by atoms with E-state index in [1.165, 1.54) is 17.6 Å². The first-order valence-electron chi connectivity index (χ1n) is 12.3. The SMILES string of the molecule is [3H]PO[C@H](C=C[C@@H]1[C@@H](CCCCCCC(=O)OC)[C@@H](OP)C[C@H]1OP[3H])CCc1ccsc1C. The molecule has 2 rings (SSSR count). The maximum Gasteiger partial charge on any atom is 0.305 e. The molecule has 9 heteroatoms. The van der Waals surface area contributed by atoms with Gasteiger partial charge in [-0.05, 0) is 55.5 Å². The van der Waals surface area contributed by atoms with Crippen molar-refractivity contribution in [3.8, 4) is 0 Å². The molecule has 5 nitrogen and oxygen atoms in total. The third kappa shape index (κ3) is 9.03. The molecule has 1 fully saturated rings. The van der Waals surface area contributed by atoms with Gasteiger partial charge in [0.1, 0.15) is 0 Å². The quantitative estimate of drug-likeness (QED) is 0.105. The number of thiophene rings is 1. The van der Waals surface area contributed by atoms with Crippen molar-refractivity contribution >= 4 is 45.6 Å². The van der Waals surface area contributed by atoms with E-state index in [1.54, 1.807) is 11.3 Å². The summed E-state index contributed by atoms with van der Waals surface area (Å²) >= 11 is 1.76. The highest BCUT2D eigenvalue weighted by Gasteiger charge is 2.42. The number of rotatable bonds is 17. The number of aryl methyl sites for hydroxylation is 2. The number of carbonyl (C=O) groups is 1. The number of methoxy groups -OCH3 is 1. The molecule has 1 aliphatic carbocycles. The van der Waals surface area contributed by atoms with Crippen LogP contribution in [-0.2, 0) is 29.5 Å². The van der Waals surface area contributed by atoms with Crippen molar-refractivity contribution in [3.63, 3.8) is 0 Å². The van der Waals surface area contributed by atoms with Gasteiger partial charge in [0.15, 0.2) is 0 Å². The predicted molar refractivity (Wildman–Crippen MR) is 142 cm³/mol. The van der Waals surface area contributed by atoms with Crippen molar-refractivity contribution in [1.29, 1.82) is 2.56 Å². The fourth-order valence-corrected chi connectivity index (χ4v) is 6.05. The zero-order valence-electron chi connectivity index (χ0n) is 21.1. The van der Waals surface area contributed by atoms with E-state index in [0.717, 1.165) is 51.4 Å². The first kappa shape index (κ1) is 25.2. The van der Waals surface area contributed by atoms with E-state index in [1.807, 2.05) is 0 Å². The van der Waals surface area contributed by atoms with Crippen LogP contribution in [0.3, 0.4) is 0 Å². The maximum absolute atomic E-state index is 11.3. The molecule has 0 radical (unpaired) electrons. The van der Waals surface area contributed by atoms with E-state index in [-0.39, 0.29) is 49.0 Å². The lowest BCUT2D eigenvalue weighted by Gasteiger charge is -2.24. The van der Waals surface area contributed by atoms with Crippen molar-refractivity contribution in [2.45, 2.75) is 83.0 Å². The monoisotopic (exact) mass is 524 g/mol. The fourth-order valence-electron chi connectivity index (χ4n) is 4.53. The molecular formula is C23H39O5P3S. The van der Waals surface area contributed by atoms with Crippen LogP contribution in [0.15, 0.2) is 23.6 Å². The molecule has 0 spiro atoms. The zero-order valence-corrected chi connectivity index (χ0v) is 23.1. The second-order valence-electron chi connectivity index (χ2n) is 8.42. The lowest BCUT2D eigenvalue weighted by Crippen LogP contribution is -2.21. The van der Waals surface area contributed by atoms with Crippen LogP contribution in [0.1, 0.15) is 61.8 Å². The zero-order chi connectivity index (χ0) is 24.8. The van der Waals surface area contributed by atoms with Crippen LogP contribution < -0.4 is 0 Å². The Morgan fingerprint density at radius 2 is 2.12 bits per heavy atom. The predicted octanol–water partition coefficient (Wildman–Crippen LogP) is 6.22. The second-order valence-corrected chi connectivity index (χ2v) is 10.3. The van der Waals surface area contributed by atoms with Crippen molar-refractivity contribution in [3.05, 3.63) is 34.0 Å². The van der Waals surface area contributed by atoms with Gasteiger partial charge in [0, 0.05) is 51.9 Å². The Hall–Kier alpha value is 0.0800. The van der Waals surface area contributed by atoms with Crippen LogP contribution in [-0.4, -0.2) is 33.9 Å². The van der Waals surface area contributed by atoms with Gasteiger partial charge in [-0.25, -0.2) is 0 Å². The molecule has 182 valence electrons. The molecule has 32 heavy (non-hydrogen) atoms. The molecular weight excluding hydrogens is 481 g/mol. The van der Waals surface area contributed by atoms with Crippen LogP contribution in [0.2, 0.25) is 0 Å². The third-order valence-electron chi connectivity index (χ3n) is 6.45. The highest BCUT2D eigenvalue weighted by Crippen LogP contribution is 2.42. The largest absolute Gasteiger partial charge is 0.469 e. The summed E-state index contributed by atoms with van der Waals surface area (Å²) in [5.74, 6) is 0.309. The second kappa shape index (κ2) is 15.9. The molecule has 0 aliphatic heterocycles. The van der Waals surface area contributed by atoms with Crippen LogP contribution >= 0.6 is 39.6 Å². The molecule has 0 saturated heterocycles. The van der Waals surface area contributed by atoms with Gasteiger partial charge in [0.2, 0.25) is 0 Å².